The smallest absolute Gasteiger partial charge is 0.214 e. The maximum atomic E-state index is 4.68. The topological polar surface area (TPSA) is 36.7 Å². The molecule has 0 atom stereocenters. The highest BCUT2D eigenvalue weighted by molar-refractivity contribution is 7.20. The Morgan fingerprint density at radius 3 is 2.67 bits per heavy atom. The van der Waals surface area contributed by atoms with Gasteiger partial charge in [0.05, 0.1) is 11.9 Å². The molecule has 4 rings (SSSR count). The van der Waals surface area contributed by atoms with Gasteiger partial charge in [-0.15, -0.1) is 5.10 Å². The Hall–Kier alpha value is -1.92. The summed E-state index contributed by atoms with van der Waals surface area (Å²) in [6, 6.07) is 11.3. The number of aromatic nitrogens is 3. The van der Waals surface area contributed by atoms with E-state index in [2.05, 4.69) is 57.3 Å². The molecule has 0 amide bonds. The van der Waals surface area contributed by atoms with Crippen LogP contribution in [-0.2, 0) is 6.54 Å². The van der Waals surface area contributed by atoms with Gasteiger partial charge >= 0.3 is 0 Å². The molecule has 0 bridgehead atoms. The van der Waals surface area contributed by atoms with Crippen LogP contribution in [0.4, 0.5) is 5.13 Å². The van der Waals surface area contributed by atoms with E-state index in [0.717, 1.165) is 35.4 Å². The zero-order valence-electron chi connectivity index (χ0n) is 14.2. The molecule has 0 saturated carbocycles. The minimum atomic E-state index is 0.564. The van der Waals surface area contributed by atoms with Gasteiger partial charge in [0.1, 0.15) is 0 Å². The van der Waals surface area contributed by atoms with Crippen molar-refractivity contribution in [1.29, 1.82) is 0 Å². The number of nitrogens with zero attached hydrogens (tertiary/aromatic N) is 5. The second-order valence-electron chi connectivity index (χ2n) is 6.60. The number of piperidine rings is 1. The van der Waals surface area contributed by atoms with Crippen LogP contribution < -0.4 is 4.90 Å². The number of likely N-dealkylation sites (tertiary alicyclic amines) is 1. The zero-order valence-corrected chi connectivity index (χ0v) is 15.0. The number of hydrogen-bond acceptors (Lipinski definition) is 5. The molecule has 3 aromatic rings. The number of hydrogen-bond donors (Lipinski definition) is 0. The Bertz CT molecular complexity index is 770. The van der Waals surface area contributed by atoms with Crippen molar-refractivity contribution in [3.05, 3.63) is 47.8 Å². The highest BCUT2D eigenvalue weighted by atomic mass is 32.1. The minimum Gasteiger partial charge on any atom is -0.347 e. The van der Waals surface area contributed by atoms with Gasteiger partial charge < -0.3 is 4.90 Å². The predicted molar refractivity (Wildman–Crippen MR) is 98.7 cm³/mol. The molecule has 1 saturated heterocycles. The Kier molecular flexibility index (Phi) is 4.24. The summed E-state index contributed by atoms with van der Waals surface area (Å²) in [4.78, 5) is 10.4. The number of benzene rings is 1. The predicted octanol–water partition coefficient (Wildman–Crippen LogP) is 3.20. The fourth-order valence-electron chi connectivity index (χ4n) is 3.40. The molecule has 0 N–H and O–H groups in total. The second kappa shape index (κ2) is 6.53. The van der Waals surface area contributed by atoms with Crippen molar-refractivity contribution in [3.63, 3.8) is 0 Å². The first-order valence-corrected chi connectivity index (χ1v) is 9.32. The third-order valence-electron chi connectivity index (χ3n) is 4.81. The summed E-state index contributed by atoms with van der Waals surface area (Å²) in [5.41, 5.74) is 2.43. The molecule has 1 aromatic carbocycles. The summed E-state index contributed by atoms with van der Waals surface area (Å²) in [5, 5.41) is 5.75. The van der Waals surface area contributed by atoms with Crippen LogP contribution in [0.2, 0.25) is 0 Å². The average molecular weight is 341 g/mol. The molecule has 1 aliphatic rings. The van der Waals surface area contributed by atoms with Gasteiger partial charge in [-0.3, -0.25) is 4.90 Å². The molecule has 2 aromatic heterocycles. The highest BCUT2D eigenvalue weighted by Crippen LogP contribution is 2.27. The van der Waals surface area contributed by atoms with Crippen molar-refractivity contribution in [2.75, 3.05) is 25.0 Å². The Morgan fingerprint density at radius 2 is 1.96 bits per heavy atom. The molecule has 0 spiro atoms. The third kappa shape index (κ3) is 3.16. The number of imidazole rings is 1. The van der Waals surface area contributed by atoms with E-state index in [1.807, 2.05) is 17.6 Å². The number of anilines is 1. The zero-order chi connectivity index (χ0) is 16.5. The van der Waals surface area contributed by atoms with E-state index in [1.165, 1.54) is 18.4 Å². The lowest BCUT2D eigenvalue weighted by molar-refractivity contribution is 0.203. The summed E-state index contributed by atoms with van der Waals surface area (Å²) in [7, 11) is 2.17. The summed E-state index contributed by atoms with van der Waals surface area (Å²) in [5.74, 6) is 0. The molecule has 0 aliphatic carbocycles. The summed E-state index contributed by atoms with van der Waals surface area (Å²) in [6.07, 6.45) is 4.36. The van der Waals surface area contributed by atoms with Crippen LogP contribution in [0.15, 0.2) is 36.5 Å². The number of fused-ring (bicyclic) bond motifs is 1. The van der Waals surface area contributed by atoms with Gasteiger partial charge in [0.25, 0.3) is 0 Å². The Balaban J connectivity index is 1.37. The van der Waals surface area contributed by atoms with E-state index in [4.69, 9.17) is 0 Å². The van der Waals surface area contributed by atoms with Crippen LogP contribution in [0.3, 0.4) is 0 Å². The van der Waals surface area contributed by atoms with Crippen molar-refractivity contribution < 1.29 is 0 Å². The van der Waals surface area contributed by atoms with Gasteiger partial charge in [-0.1, -0.05) is 41.7 Å². The quantitative estimate of drug-likeness (QED) is 0.730. The van der Waals surface area contributed by atoms with Crippen molar-refractivity contribution in [2.24, 2.45) is 0 Å². The maximum Gasteiger partial charge on any atom is 0.214 e. The molecule has 6 heteroatoms. The van der Waals surface area contributed by atoms with Crippen molar-refractivity contribution in [2.45, 2.75) is 32.4 Å². The largest absolute Gasteiger partial charge is 0.347 e. The van der Waals surface area contributed by atoms with Gasteiger partial charge in [-0.05, 0) is 25.3 Å². The highest BCUT2D eigenvalue weighted by Gasteiger charge is 2.24. The summed E-state index contributed by atoms with van der Waals surface area (Å²) in [6.45, 7) is 5.35. The summed E-state index contributed by atoms with van der Waals surface area (Å²) < 4.78 is 1.90. The molecule has 1 fully saturated rings. The molecule has 24 heavy (non-hydrogen) atoms. The average Bonchev–Trinajstić information content (AvgIpc) is 3.13. The van der Waals surface area contributed by atoms with E-state index in [-0.39, 0.29) is 0 Å². The maximum absolute atomic E-state index is 4.68. The lowest BCUT2D eigenvalue weighted by Gasteiger charge is -2.36. The van der Waals surface area contributed by atoms with Gasteiger partial charge in [0.2, 0.25) is 10.1 Å². The van der Waals surface area contributed by atoms with Crippen LogP contribution in [0.25, 0.3) is 4.96 Å². The standard InChI is InChI=1S/C18H23N5S/c1-14-12-23-17(19-14)24-18(20-23)21(2)16-8-10-22(11-9-16)13-15-6-4-3-5-7-15/h3-7,12,16H,8-11,13H2,1-2H3. The van der Waals surface area contributed by atoms with Crippen LogP contribution >= 0.6 is 11.3 Å². The van der Waals surface area contributed by atoms with Crippen LogP contribution in [0, 0.1) is 6.92 Å². The molecule has 126 valence electrons. The van der Waals surface area contributed by atoms with Gasteiger partial charge in [0.15, 0.2) is 0 Å². The Morgan fingerprint density at radius 1 is 1.21 bits per heavy atom. The number of rotatable bonds is 4. The minimum absolute atomic E-state index is 0.564. The fraction of sp³-hybridized carbons (Fsp3) is 0.444. The molecule has 1 aliphatic heterocycles. The monoisotopic (exact) mass is 341 g/mol. The molecule has 3 heterocycles. The lowest BCUT2D eigenvalue weighted by Crippen LogP contribution is -2.43. The first kappa shape index (κ1) is 15.6. The number of aryl methyl sites for hydroxylation is 1. The Labute approximate surface area is 146 Å². The third-order valence-corrected chi connectivity index (χ3v) is 5.82. The first-order chi connectivity index (χ1) is 11.7. The SMILES string of the molecule is Cc1cn2nc(N(C)C3CCN(Cc4ccccc4)CC3)sc2n1. The normalized spacial score (nSPS) is 16.8. The molecular formula is C18H23N5S. The summed E-state index contributed by atoms with van der Waals surface area (Å²) >= 11 is 1.68. The van der Waals surface area contributed by atoms with Crippen LogP contribution in [-0.4, -0.2) is 45.7 Å². The van der Waals surface area contributed by atoms with E-state index >= 15 is 0 Å². The van der Waals surface area contributed by atoms with Crippen molar-refractivity contribution in [1.82, 2.24) is 19.5 Å². The van der Waals surface area contributed by atoms with Crippen LogP contribution in [0.1, 0.15) is 24.1 Å². The van der Waals surface area contributed by atoms with Gasteiger partial charge in [-0.25, -0.2) is 9.50 Å². The van der Waals surface area contributed by atoms with E-state index < -0.39 is 0 Å². The van der Waals surface area contributed by atoms with Crippen LogP contribution in [0.5, 0.6) is 0 Å². The molecule has 0 unspecified atom stereocenters. The second-order valence-corrected chi connectivity index (χ2v) is 7.53. The molecule has 0 radical (unpaired) electrons. The molecule has 5 nitrogen and oxygen atoms in total. The molecular weight excluding hydrogens is 318 g/mol. The van der Waals surface area contributed by atoms with E-state index in [9.17, 15) is 0 Å². The lowest BCUT2D eigenvalue weighted by atomic mass is 10.0. The van der Waals surface area contributed by atoms with E-state index in [0.29, 0.717) is 6.04 Å². The van der Waals surface area contributed by atoms with E-state index in [1.54, 1.807) is 11.3 Å². The first-order valence-electron chi connectivity index (χ1n) is 8.51. The van der Waals surface area contributed by atoms with Crippen molar-refractivity contribution in [3.8, 4) is 0 Å². The fourth-order valence-corrected chi connectivity index (χ4v) is 4.37. The van der Waals surface area contributed by atoms with Gasteiger partial charge in [0, 0.05) is 32.7 Å². The van der Waals surface area contributed by atoms with Crippen molar-refractivity contribution >= 4 is 21.4 Å². The van der Waals surface area contributed by atoms with Gasteiger partial charge in [-0.2, -0.15) is 0 Å².